The fraction of sp³-hybridized carbons (Fsp3) is 0.188. The number of hydrogen-bond donors (Lipinski definition) is 1. The molecule has 0 saturated heterocycles. The van der Waals surface area contributed by atoms with Crippen LogP contribution in [-0.4, -0.2) is 23.0 Å². The van der Waals surface area contributed by atoms with Crippen LogP contribution >= 0.6 is 15.9 Å². The fourth-order valence-electron chi connectivity index (χ4n) is 2.08. The molecule has 0 aliphatic rings. The van der Waals surface area contributed by atoms with Crippen molar-refractivity contribution >= 4 is 21.8 Å². The van der Waals surface area contributed by atoms with Crippen LogP contribution in [0.1, 0.15) is 28.9 Å². The molecule has 0 heterocycles. The molecule has 1 amide bonds. The standard InChI is InChI=1S/C16H15BrFNO2/c1-10(12-5-3-4-6-15(12)20)19(2)16(21)13-9-11(17)7-8-14(13)18/h3-10,20H,1-2H3. The monoisotopic (exact) mass is 351 g/mol. The van der Waals surface area contributed by atoms with E-state index in [-0.39, 0.29) is 17.4 Å². The van der Waals surface area contributed by atoms with Gasteiger partial charge in [-0.25, -0.2) is 4.39 Å². The van der Waals surface area contributed by atoms with Gasteiger partial charge in [-0.3, -0.25) is 4.79 Å². The summed E-state index contributed by atoms with van der Waals surface area (Å²) in [5, 5.41) is 9.86. The van der Waals surface area contributed by atoms with E-state index in [9.17, 15) is 14.3 Å². The Morgan fingerprint density at radius 2 is 1.95 bits per heavy atom. The Balaban J connectivity index is 2.31. The first-order valence-electron chi connectivity index (χ1n) is 6.42. The number of phenols is 1. The molecule has 1 unspecified atom stereocenters. The highest BCUT2D eigenvalue weighted by atomic mass is 79.9. The van der Waals surface area contributed by atoms with Gasteiger partial charge >= 0.3 is 0 Å². The van der Waals surface area contributed by atoms with Crippen molar-refractivity contribution in [3.8, 4) is 5.75 Å². The Morgan fingerprint density at radius 3 is 2.62 bits per heavy atom. The van der Waals surface area contributed by atoms with Crippen LogP contribution in [0.5, 0.6) is 5.75 Å². The normalized spacial score (nSPS) is 12.0. The second kappa shape index (κ2) is 6.26. The molecule has 5 heteroatoms. The number of amides is 1. The second-order valence-corrected chi connectivity index (χ2v) is 5.69. The molecule has 0 aromatic heterocycles. The van der Waals surface area contributed by atoms with E-state index in [1.165, 1.54) is 17.0 Å². The van der Waals surface area contributed by atoms with E-state index >= 15 is 0 Å². The molecule has 2 aromatic carbocycles. The maximum Gasteiger partial charge on any atom is 0.257 e. The van der Waals surface area contributed by atoms with Crippen LogP contribution in [-0.2, 0) is 0 Å². The van der Waals surface area contributed by atoms with Crippen molar-refractivity contribution in [2.45, 2.75) is 13.0 Å². The molecule has 3 nitrogen and oxygen atoms in total. The zero-order chi connectivity index (χ0) is 15.6. The Bertz CT molecular complexity index is 675. The third-order valence-corrected chi connectivity index (χ3v) is 3.94. The van der Waals surface area contributed by atoms with Gasteiger partial charge in [-0.1, -0.05) is 34.1 Å². The average Bonchev–Trinajstić information content (AvgIpc) is 2.48. The van der Waals surface area contributed by atoms with Gasteiger partial charge in [-0.2, -0.15) is 0 Å². The molecule has 0 aliphatic carbocycles. The van der Waals surface area contributed by atoms with Crippen molar-refractivity contribution in [1.29, 1.82) is 0 Å². The smallest absolute Gasteiger partial charge is 0.257 e. The van der Waals surface area contributed by atoms with Crippen LogP contribution in [0.15, 0.2) is 46.9 Å². The molecular weight excluding hydrogens is 337 g/mol. The minimum absolute atomic E-state index is 0.00542. The van der Waals surface area contributed by atoms with Crippen LogP contribution in [0, 0.1) is 5.82 Å². The molecule has 0 bridgehead atoms. The van der Waals surface area contributed by atoms with E-state index in [4.69, 9.17) is 0 Å². The van der Waals surface area contributed by atoms with Gasteiger partial charge in [-0.05, 0) is 31.2 Å². The van der Waals surface area contributed by atoms with Gasteiger partial charge in [0.15, 0.2) is 0 Å². The van der Waals surface area contributed by atoms with Gasteiger partial charge in [0.1, 0.15) is 11.6 Å². The number of hydrogen-bond acceptors (Lipinski definition) is 2. The second-order valence-electron chi connectivity index (χ2n) is 4.78. The first kappa shape index (κ1) is 15.5. The van der Waals surface area contributed by atoms with E-state index in [0.29, 0.717) is 10.0 Å². The lowest BCUT2D eigenvalue weighted by atomic mass is 10.0. The Labute approximate surface area is 131 Å². The third kappa shape index (κ3) is 3.24. The van der Waals surface area contributed by atoms with E-state index in [2.05, 4.69) is 15.9 Å². The Morgan fingerprint density at radius 1 is 1.29 bits per heavy atom. The summed E-state index contributed by atoms with van der Waals surface area (Å²) in [5.41, 5.74) is 0.609. The summed E-state index contributed by atoms with van der Waals surface area (Å²) in [7, 11) is 1.58. The highest BCUT2D eigenvalue weighted by molar-refractivity contribution is 9.10. The quantitative estimate of drug-likeness (QED) is 0.903. The maximum atomic E-state index is 13.8. The summed E-state index contributed by atoms with van der Waals surface area (Å²) < 4.78 is 14.4. The number of para-hydroxylation sites is 1. The first-order valence-corrected chi connectivity index (χ1v) is 7.21. The van der Waals surface area contributed by atoms with Crippen LogP contribution in [0.4, 0.5) is 4.39 Å². The number of aromatic hydroxyl groups is 1. The van der Waals surface area contributed by atoms with E-state index < -0.39 is 11.7 Å². The lowest BCUT2D eigenvalue weighted by molar-refractivity contribution is 0.0736. The Kier molecular flexibility index (Phi) is 4.63. The topological polar surface area (TPSA) is 40.5 Å². The van der Waals surface area contributed by atoms with Gasteiger partial charge in [0.25, 0.3) is 5.91 Å². The summed E-state index contributed by atoms with van der Waals surface area (Å²) in [6.07, 6.45) is 0. The fourth-order valence-corrected chi connectivity index (χ4v) is 2.44. The molecule has 2 rings (SSSR count). The van der Waals surface area contributed by atoms with Gasteiger partial charge < -0.3 is 10.0 Å². The number of carbonyl (C=O) groups excluding carboxylic acids is 1. The van der Waals surface area contributed by atoms with E-state index in [1.807, 2.05) is 0 Å². The van der Waals surface area contributed by atoms with Crippen molar-refractivity contribution in [3.63, 3.8) is 0 Å². The molecule has 21 heavy (non-hydrogen) atoms. The summed E-state index contributed by atoms with van der Waals surface area (Å²) in [4.78, 5) is 13.8. The molecule has 0 saturated carbocycles. The summed E-state index contributed by atoms with van der Waals surface area (Å²) in [6.45, 7) is 1.78. The van der Waals surface area contributed by atoms with Crippen LogP contribution in [0.25, 0.3) is 0 Å². The molecule has 2 aromatic rings. The summed E-state index contributed by atoms with van der Waals surface area (Å²) >= 11 is 3.23. The highest BCUT2D eigenvalue weighted by Crippen LogP contribution is 2.28. The average molecular weight is 352 g/mol. The lowest BCUT2D eigenvalue weighted by Crippen LogP contribution is -2.30. The van der Waals surface area contributed by atoms with Crippen molar-refractivity contribution in [2.75, 3.05) is 7.05 Å². The molecule has 1 N–H and O–H groups in total. The number of carbonyl (C=O) groups is 1. The van der Waals surface area contributed by atoms with E-state index in [1.54, 1.807) is 44.3 Å². The predicted molar refractivity (Wildman–Crippen MR) is 82.7 cm³/mol. The van der Waals surface area contributed by atoms with Crippen molar-refractivity contribution < 1.29 is 14.3 Å². The molecule has 110 valence electrons. The van der Waals surface area contributed by atoms with Crippen molar-refractivity contribution in [3.05, 3.63) is 63.9 Å². The number of nitrogens with zero attached hydrogens (tertiary/aromatic N) is 1. The van der Waals surface area contributed by atoms with Gasteiger partial charge in [0.05, 0.1) is 11.6 Å². The minimum Gasteiger partial charge on any atom is -0.508 e. The molecule has 0 fully saturated rings. The predicted octanol–water partition coefficient (Wildman–Crippen LogP) is 4.13. The summed E-state index contributed by atoms with van der Waals surface area (Å²) in [5.74, 6) is -0.900. The minimum atomic E-state index is -0.570. The number of benzene rings is 2. The van der Waals surface area contributed by atoms with Crippen LogP contribution in [0.2, 0.25) is 0 Å². The molecular formula is C16H15BrFNO2. The Hall–Kier alpha value is -1.88. The third-order valence-electron chi connectivity index (χ3n) is 3.45. The zero-order valence-electron chi connectivity index (χ0n) is 11.7. The van der Waals surface area contributed by atoms with E-state index in [0.717, 1.165) is 0 Å². The lowest BCUT2D eigenvalue weighted by Gasteiger charge is -2.26. The number of phenolic OH excluding ortho intramolecular Hbond substituents is 1. The summed E-state index contributed by atoms with van der Waals surface area (Å²) in [6, 6.07) is 10.6. The number of halogens is 2. The van der Waals surface area contributed by atoms with Gasteiger partial charge in [0, 0.05) is 17.1 Å². The van der Waals surface area contributed by atoms with Crippen LogP contribution in [0.3, 0.4) is 0 Å². The molecule has 0 radical (unpaired) electrons. The van der Waals surface area contributed by atoms with Crippen LogP contribution < -0.4 is 0 Å². The van der Waals surface area contributed by atoms with Gasteiger partial charge in [0.2, 0.25) is 0 Å². The molecule has 0 aliphatic heterocycles. The largest absolute Gasteiger partial charge is 0.508 e. The molecule has 0 spiro atoms. The zero-order valence-corrected chi connectivity index (χ0v) is 13.3. The number of rotatable bonds is 3. The van der Waals surface area contributed by atoms with Crippen molar-refractivity contribution in [1.82, 2.24) is 4.90 Å². The van der Waals surface area contributed by atoms with Gasteiger partial charge in [-0.15, -0.1) is 0 Å². The maximum absolute atomic E-state index is 13.8. The van der Waals surface area contributed by atoms with Crippen molar-refractivity contribution in [2.24, 2.45) is 0 Å². The SMILES string of the molecule is CC(c1ccccc1O)N(C)C(=O)c1cc(Br)ccc1F. The first-order chi connectivity index (χ1) is 9.91. The highest BCUT2D eigenvalue weighted by Gasteiger charge is 2.23. The molecule has 1 atom stereocenters.